The van der Waals surface area contributed by atoms with Crippen molar-refractivity contribution in [3.05, 3.63) is 28.2 Å². The van der Waals surface area contributed by atoms with Crippen LogP contribution in [-0.2, 0) is 4.79 Å². The fraction of sp³-hybridized carbons (Fsp3) is 0.533. The lowest BCUT2D eigenvalue weighted by Crippen LogP contribution is -2.45. The number of carbonyl (C=O) groups is 1. The summed E-state index contributed by atoms with van der Waals surface area (Å²) >= 11 is 11.8. The molecular weight excluding hydrogens is 297 g/mol. The smallest absolute Gasteiger partial charge is 0.260 e. The Labute approximate surface area is 129 Å². The van der Waals surface area contributed by atoms with Crippen LogP contribution < -0.4 is 4.74 Å². The molecule has 1 aromatic rings. The van der Waals surface area contributed by atoms with Crippen LogP contribution in [0, 0.1) is 0 Å². The summed E-state index contributed by atoms with van der Waals surface area (Å²) in [5.74, 6) is 0.612. The summed E-state index contributed by atoms with van der Waals surface area (Å²) in [5, 5.41) is 0.911. The molecule has 0 bridgehead atoms. The fourth-order valence-corrected chi connectivity index (χ4v) is 2.84. The van der Waals surface area contributed by atoms with E-state index in [1.165, 1.54) is 6.42 Å². The van der Waals surface area contributed by atoms with Gasteiger partial charge in [0.2, 0.25) is 0 Å². The average Bonchev–Trinajstić information content (AvgIpc) is 2.48. The highest BCUT2D eigenvalue weighted by Crippen LogP contribution is 2.26. The lowest BCUT2D eigenvalue weighted by Gasteiger charge is -2.35. The largest absolute Gasteiger partial charge is 0.484 e. The number of rotatable bonds is 4. The lowest BCUT2D eigenvalue weighted by atomic mass is 10.00. The maximum Gasteiger partial charge on any atom is 0.260 e. The van der Waals surface area contributed by atoms with Crippen LogP contribution in [0.3, 0.4) is 0 Å². The van der Waals surface area contributed by atoms with Crippen LogP contribution in [0.15, 0.2) is 18.2 Å². The maximum absolute atomic E-state index is 12.2. The Morgan fingerprint density at radius 1 is 1.35 bits per heavy atom. The van der Waals surface area contributed by atoms with Crippen molar-refractivity contribution in [1.29, 1.82) is 0 Å². The number of halogens is 2. The minimum absolute atomic E-state index is 0.0441. The molecule has 1 saturated heterocycles. The zero-order chi connectivity index (χ0) is 14.5. The van der Waals surface area contributed by atoms with Crippen LogP contribution in [0.4, 0.5) is 0 Å². The Morgan fingerprint density at radius 3 is 2.85 bits per heavy atom. The summed E-state index contributed by atoms with van der Waals surface area (Å²) in [6.07, 6.45) is 4.37. The molecule has 110 valence electrons. The van der Waals surface area contributed by atoms with Crippen molar-refractivity contribution in [2.75, 3.05) is 13.2 Å². The first kappa shape index (κ1) is 15.5. The molecule has 1 aliphatic heterocycles. The van der Waals surface area contributed by atoms with E-state index >= 15 is 0 Å². The van der Waals surface area contributed by atoms with Gasteiger partial charge in [0.1, 0.15) is 5.75 Å². The molecule has 3 nitrogen and oxygen atoms in total. The van der Waals surface area contributed by atoms with Gasteiger partial charge in [0.05, 0.1) is 10.0 Å². The van der Waals surface area contributed by atoms with Gasteiger partial charge in [0, 0.05) is 18.7 Å². The van der Waals surface area contributed by atoms with Crippen LogP contribution in [0.25, 0.3) is 0 Å². The minimum Gasteiger partial charge on any atom is -0.484 e. The summed E-state index contributed by atoms with van der Waals surface area (Å²) in [6, 6.07) is 5.37. The quantitative estimate of drug-likeness (QED) is 0.834. The van der Waals surface area contributed by atoms with E-state index in [4.69, 9.17) is 27.9 Å². The van der Waals surface area contributed by atoms with Crippen molar-refractivity contribution < 1.29 is 9.53 Å². The predicted molar refractivity (Wildman–Crippen MR) is 81.6 cm³/mol. The third-order valence-corrected chi connectivity index (χ3v) is 4.41. The topological polar surface area (TPSA) is 29.5 Å². The maximum atomic E-state index is 12.2. The van der Waals surface area contributed by atoms with E-state index in [9.17, 15) is 4.79 Å². The molecule has 0 spiro atoms. The summed E-state index contributed by atoms with van der Waals surface area (Å²) < 4.78 is 5.52. The standard InChI is InChI=1S/C15H19Cl2NO2/c1-2-11-5-3-4-8-18(11)15(19)10-20-12-6-7-13(16)14(17)9-12/h6-7,9,11H,2-5,8,10H2,1H3. The highest BCUT2D eigenvalue weighted by Gasteiger charge is 2.25. The molecule has 20 heavy (non-hydrogen) atoms. The highest BCUT2D eigenvalue weighted by atomic mass is 35.5. The summed E-state index contributed by atoms with van der Waals surface area (Å²) in [4.78, 5) is 14.2. The molecule has 1 heterocycles. The second kappa shape index (κ2) is 7.19. The zero-order valence-electron chi connectivity index (χ0n) is 11.6. The van der Waals surface area contributed by atoms with Crippen molar-refractivity contribution in [3.63, 3.8) is 0 Å². The van der Waals surface area contributed by atoms with E-state index in [1.807, 2.05) is 4.90 Å². The van der Waals surface area contributed by atoms with Crippen LogP contribution in [0.5, 0.6) is 5.75 Å². The van der Waals surface area contributed by atoms with Crippen molar-refractivity contribution in [2.45, 2.75) is 38.6 Å². The van der Waals surface area contributed by atoms with E-state index in [2.05, 4.69) is 6.92 Å². The van der Waals surface area contributed by atoms with E-state index in [0.717, 1.165) is 25.8 Å². The molecule has 5 heteroatoms. The van der Waals surface area contributed by atoms with Crippen LogP contribution in [-0.4, -0.2) is 30.0 Å². The van der Waals surface area contributed by atoms with Crippen LogP contribution in [0.1, 0.15) is 32.6 Å². The van der Waals surface area contributed by atoms with E-state index in [1.54, 1.807) is 18.2 Å². The van der Waals surface area contributed by atoms with Gasteiger partial charge in [0.25, 0.3) is 5.91 Å². The number of benzene rings is 1. The number of hydrogen-bond donors (Lipinski definition) is 0. The van der Waals surface area contributed by atoms with E-state index < -0.39 is 0 Å². The Hall–Kier alpha value is -0.930. The number of likely N-dealkylation sites (tertiary alicyclic amines) is 1. The molecule has 1 aliphatic rings. The Bertz CT molecular complexity index is 479. The van der Waals surface area contributed by atoms with Gasteiger partial charge in [-0.2, -0.15) is 0 Å². The van der Waals surface area contributed by atoms with Gasteiger partial charge >= 0.3 is 0 Å². The van der Waals surface area contributed by atoms with Gasteiger partial charge in [-0.05, 0) is 37.8 Å². The van der Waals surface area contributed by atoms with Gasteiger partial charge in [-0.25, -0.2) is 0 Å². The first-order valence-electron chi connectivity index (χ1n) is 6.99. The molecule has 0 saturated carbocycles. The molecule has 1 amide bonds. The lowest BCUT2D eigenvalue weighted by molar-refractivity contribution is -0.137. The van der Waals surface area contributed by atoms with Crippen LogP contribution in [0.2, 0.25) is 10.0 Å². The third-order valence-electron chi connectivity index (χ3n) is 3.67. The van der Waals surface area contributed by atoms with Crippen molar-refractivity contribution in [3.8, 4) is 5.75 Å². The molecule has 0 N–H and O–H groups in total. The molecule has 0 aliphatic carbocycles. The Morgan fingerprint density at radius 2 is 2.15 bits per heavy atom. The molecule has 1 unspecified atom stereocenters. The van der Waals surface area contributed by atoms with E-state index in [-0.39, 0.29) is 12.5 Å². The molecule has 1 atom stereocenters. The first-order chi connectivity index (χ1) is 9.61. The molecule has 0 aromatic heterocycles. The van der Waals surface area contributed by atoms with Crippen molar-refractivity contribution in [2.24, 2.45) is 0 Å². The van der Waals surface area contributed by atoms with Crippen LogP contribution >= 0.6 is 23.2 Å². The average molecular weight is 316 g/mol. The van der Waals surface area contributed by atoms with Gasteiger partial charge in [-0.15, -0.1) is 0 Å². The summed E-state index contributed by atoms with van der Waals surface area (Å²) in [5.41, 5.74) is 0. The normalized spacial score (nSPS) is 18.9. The Kier molecular flexibility index (Phi) is 5.55. The van der Waals surface area contributed by atoms with E-state index in [0.29, 0.717) is 21.8 Å². The second-order valence-electron chi connectivity index (χ2n) is 5.01. The van der Waals surface area contributed by atoms with Gasteiger partial charge in [-0.1, -0.05) is 30.1 Å². The number of nitrogens with zero attached hydrogens (tertiary/aromatic N) is 1. The fourth-order valence-electron chi connectivity index (χ4n) is 2.55. The highest BCUT2D eigenvalue weighted by molar-refractivity contribution is 6.42. The number of amides is 1. The van der Waals surface area contributed by atoms with Crippen molar-refractivity contribution in [1.82, 2.24) is 4.90 Å². The molecule has 0 radical (unpaired) electrons. The van der Waals surface area contributed by atoms with Gasteiger partial charge < -0.3 is 9.64 Å². The van der Waals surface area contributed by atoms with Gasteiger partial charge in [-0.3, -0.25) is 4.79 Å². The molecule has 1 aromatic carbocycles. The third kappa shape index (κ3) is 3.80. The van der Waals surface area contributed by atoms with Crippen molar-refractivity contribution >= 4 is 29.1 Å². The number of piperidine rings is 1. The molecule has 2 rings (SSSR count). The zero-order valence-corrected chi connectivity index (χ0v) is 13.1. The summed E-state index contributed by atoms with van der Waals surface area (Å²) in [6.45, 7) is 3.01. The number of carbonyl (C=O) groups excluding carboxylic acids is 1. The first-order valence-corrected chi connectivity index (χ1v) is 7.74. The second-order valence-corrected chi connectivity index (χ2v) is 5.82. The predicted octanol–water partition coefficient (Wildman–Crippen LogP) is 4.16. The minimum atomic E-state index is 0.0441. The molecule has 1 fully saturated rings. The Balaban J connectivity index is 1.92. The number of ether oxygens (including phenoxy) is 1. The molecular formula is C15H19Cl2NO2. The SMILES string of the molecule is CCC1CCCCN1C(=O)COc1ccc(Cl)c(Cl)c1. The summed E-state index contributed by atoms with van der Waals surface area (Å²) in [7, 11) is 0. The van der Waals surface area contributed by atoms with Gasteiger partial charge in [0.15, 0.2) is 6.61 Å². The number of hydrogen-bond acceptors (Lipinski definition) is 2. The monoisotopic (exact) mass is 315 g/mol.